The third-order valence-corrected chi connectivity index (χ3v) is 7.05. The Morgan fingerprint density at radius 3 is 2.72 bits per heavy atom. The molecule has 2 saturated heterocycles. The zero-order chi connectivity index (χ0) is 25.6. The molecule has 2 fully saturated rings. The van der Waals surface area contributed by atoms with Crippen molar-refractivity contribution in [3.63, 3.8) is 0 Å². The summed E-state index contributed by atoms with van der Waals surface area (Å²) in [4.78, 5) is 65.0. The summed E-state index contributed by atoms with van der Waals surface area (Å²) in [5, 5.41) is 13.1. The second kappa shape index (κ2) is 9.17. The largest absolute Gasteiger partial charge is 0.359 e. The van der Waals surface area contributed by atoms with Crippen LogP contribution in [0.3, 0.4) is 0 Å². The smallest absolute Gasteiger partial charge is 0.276 e. The molecule has 3 aliphatic heterocycles. The topological polar surface area (TPSA) is 147 Å². The lowest BCUT2D eigenvalue weighted by atomic mass is 9.89. The molecule has 5 rings (SSSR count). The molecule has 188 valence electrons. The predicted octanol–water partition coefficient (Wildman–Crippen LogP) is -0.127. The van der Waals surface area contributed by atoms with Gasteiger partial charge in [-0.25, -0.2) is 4.68 Å². The van der Waals surface area contributed by atoms with Crippen molar-refractivity contribution in [1.29, 1.82) is 0 Å². The molecule has 1 aromatic heterocycles. The maximum absolute atomic E-state index is 13.1. The fourth-order valence-corrected chi connectivity index (χ4v) is 5.26. The van der Waals surface area contributed by atoms with Crippen molar-refractivity contribution in [2.75, 3.05) is 20.1 Å². The molecule has 2 aromatic rings. The number of amides is 5. The molecule has 4 heterocycles. The highest BCUT2D eigenvalue weighted by Crippen LogP contribution is 2.29. The molecule has 0 spiro atoms. The molecule has 0 bridgehead atoms. The fourth-order valence-electron chi connectivity index (χ4n) is 5.26. The Bertz CT molecular complexity index is 1270. The maximum atomic E-state index is 13.1. The lowest BCUT2D eigenvalue weighted by Gasteiger charge is -2.35. The molecule has 36 heavy (non-hydrogen) atoms. The van der Waals surface area contributed by atoms with Gasteiger partial charge in [0.25, 0.3) is 11.8 Å². The molecule has 3 unspecified atom stereocenters. The highest BCUT2D eigenvalue weighted by molar-refractivity contribution is 6.05. The van der Waals surface area contributed by atoms with E-state index in [0.717, 1.165) is 12.0 Å². The molecule has 3 atom stereocenters. The van der Waals surface area contributed by atoms with Crippen LogP contribution < -0.4 is 10.6 Å². The van der Waals surface area contributed by atoms with E-state index in [1.165, 1.54) is 15.8 Å². The number of fused-ring (bicyclic) bond motifs is 1. The summed E-state index contributed by atoms with van der Waals surface area (Å²) in [6, 6.07) is 4.47. The fraction of sp³-hybridized carbons (Fsp3) is 0.458. The van der Waals surface area contributed by atoms with Gasteiger partial charge in [-0.2, -0.15) is 0 Å². The van der Waals surface area contributed by atoms with Crippen molar-refractivity contribution in [2.24, 2.45) is 11.8 Å². The first-order valence-electron chi connectivity index (χ1n) is 12.0. The minimum Gasteiger partial charge on any atom is -0.359 e. The van der Waals surface area contributed by atoms with Gasteiger partial charge in [-0.05, 0) is 42.5 Å². The SMILES string of the molecule is CNC(=O)C1CC(C)CN(C(=O)c2cn(-c3ccc4c(c3)CN(C3CCC(=O)NC3=O)C4=O)nn2)C1. The van der Waals surface area contributed by atoms with Crippen LogP contribution in [0.4, 0.5) is 0 Å². The van der Waals surface area contributed by atoms with Crippen molar-refractivity contribution in [1.82, 2.24) is 35.4 Å². The van der Waals surface area contributed by atoms with Crippen molar-refractivity contribution >= 4 is 29.5 Å². The molecular weight excluding hydrogens is 466 g/mol. The number of hydrogen-bond donors (Lipinski definition) is 2. The van der Waals surface area contributed by atoms with Gasteiger partial charge < -0.3 is 15.1 Å². The van der Waals surface area contributed by atoms with Crippen LogP contribution >= 0.6 is 0 Å². The Balaban J connectivity index is 1.32. The highest BCUT2D eigenvalue weighted by Gasteiger charge is 2.39. The summed E-state index contributed by atoms with van der Waals surface area (Å²) >= 11 is 0. The van der Waals surface area contributed by atoms with E-state index in [1.54, 1.807) is 30.1 Å². The Morgan fingerprint density at radius 1 is 1.17 bits per heavy atom. The van der Waals surface area contributed by atoms with Crippen LogP contribution in [0.2, 0.25) is 0 Å². The molecule has 12 nitrogen and oxygen atoms in total. The van der Waals surface area contributed by atoms with Crippen LogP contribution in [-0.2, 0) is 20.9 Å². The number of benzene rings is 1. The second-order valence-electron chi connectivity index (χ2n) is 9.65. The Morgan fingerprint density at radius 2 is 1.97 bits per heavy atom. The van der Waals surface area contributed by atoms with E-state index >= 15 is 0 Å². The van der Waals surface area contributed by atoms with Gasteiger partial charge in [0.1, 0.15) is 6.04 Å². The van der Waals surface area contributed by atoms with Gasteiger partial charge in [0.05, 0.1) is 17.8 Å². The van der Waals surface area contributed by atoms with Gasteiger partial charge in [-0.15, -0.1) is 5.10 Å². The average Bonchev–Trinajstić information content (AvgIpc) is 3.48. The summed E-state index contributed by atoms with van der Waals surface area (Å²) in [6.45, 7) is 3.11. The van der Waals surface area contributed by atoms with Gasteiger partial charge >= 0.3 is 0 Å². The van der Waals surface area contributed by atoms with Crippen LogP contribution in [-0.4, -0.2) is 80.5 Å². The third-order valence-electron chi connectivity index (χ3n) is 7.05. The number of nitrogens with zero attached hydrogens (tertiary/aromatic N) is 5. The number of carbonyl (C=O) groups excluding carboxylic acids is 5. The summed E-state index contributed by atoms with van der Waals surface area (Å²) in [6.07, 6.45) is 2.74. The number of rotatable bonds is 4. The Kier molecular flexibility index (Phi) is 6.02. The molecule has 0 aliphatic carbocycles. The zero-order valence-corrected chi connectivity index (χ0v) is 20.1. The molecule has 5 amide bonds. The molecule has 0 saturated carbocycles. The maximum Gasteiger partial charge on any atom is 0.276 e. The van der Waals surface area contributed by atoms with Crippen LogP contribution in [0.5, 0.6) is 0 Å². The minimum absolute atomic E-state index is 0.0814. The molecule has 1 aromatic carbocycles. The number of piperidine rings is 2. The summed E-state index contributed by atoms with van der Waals surface area (Å²) in [7, 11) is 1.59. The van der Waals surface area contributed by atoms with Crippen LogP contribution in [0, 0.1) is 11.8 Å². The van der Waals surface area contributed by atoms with E-state index in [4.69, 9.17) is 0 Å². The van der Waals surface area contributed by atoms with E-state index < -0.39 is 11.9 Å². The van der Waals surface area contributed by atoms with Crippen molar-refractivity contribution in [2.45, 2.75) is 38.8 Å². The summed E-state index contributed by atoms with van der Waals surface area (Å²) in [5.74, 6) is -1.50. The highest BCUT2D eigenvalue weighted by atomic mass is 16.2. The Hall–Kier alpha value is -4.09. The van der Waals surface area contributed by atoms with Crippen LogP contribution in [0.25, 0.3) is 5.69 Å². The quantitative estimate of drug-likeness (QED) is 0.564. The number of hydrogen-bond acceptors (Lipinski definition) is 7. The molecule has 3 aliphatic rings. The number of carbonyl (C=O) groups is 5. The predicted molar refractivity (Wildman–Crippen MR) is 125 cm³/mol. The first-order chi connectivity index (χ1) is 17.2. The van der Waals surface area contributed by atoms with Gasteiger partial charge in [0.2, 0.25) is 17.7 Å². The number of nitrogens with one attached hydrogen (secondary N) is 2. The number of imide groups is 1. The molecular formula is C24H27N7O5. The lowest BCUT2D eigenvalue weighted by Crippen LogP contribution is -2.52. The summed E-state index contributed by atoms with van der Waals surface area (Å²) in [5.41, 5.74) is 2.00. The monoisotopic (exact) mass is 493 g/mol. The van der Waals surface area contributed by atoms with Crippen molar-refractivity contribution in [3.8, 4) is 5.69 Å². The molecule has 0 radical (unpaired) electrons. The molecule has 12 heteroatoms. The van der Waals surface area contributed by atoms with E-state index in [1.807, 2.05) is 6.92 Å². The van der Waals surface area contributed by atoms with E-state index in [0.29, 0.717) is 30.8 Å². The van der Waals surface area contributed by atoms with Gasteiger partial charge in [0.15, 0.2) is 5.69 Å². The summed E-state index contributed by atoms with van der Waals surface area (Å²) < 4.78 is 1.47. The zero-order valence-electron chi connectivity index (χ0n) is 20.1. The Labute approximate surface area is 207 Å². The van der Waals surface area contributed by atoms with Gasteiger partial charge in [-0.1, -0.05) is 12.1 Å². The van der Waals surface area contributed by atoms with E-state index in [2.05, 4.69) is 20.9 Å². The third kappa shape index (κ3) is 4.23. The lowest BCUT2D eigenvalue weighted by molar-refractivity contribution is -0.137. The van der Waals surface area contributed by atoms with Gasteiger partial charge in [-0.3, -0.25) is 29.3 Å². The van der Waals surface area contributed by atoms with E-state index in [9.17, 15) is 24.0 Å². The number of likely N-dealkylation sites (tertiary alicyclic amines) is 1. The van der Waals surface area contributed by atoms with Crippen LogP contribution in [0.1, 0.15) is 52.6 Å². The average molecular weight is 494 g/mol. The normalized spacial score (nSPS) is 23.9. The van der Waals surface area contributed by atoms with Crippen molar-refractivity contribution in [3.05, 3.63) is 41.2 Å². The van der Waals surface area contributed by atoms with Crippen LogP contribution in [0.15, 0.2) is 24.4 Å². The molecule has 2 N–H and O–H groups in total. The van der Waals surface area contributed by atoms with Crippen molar-refractivity contribution < 1.29 is 24.0 Å². The standard InChI is InChI=1S/C24H27N7O5/c1-13-7-15(21(33)25-2)10-29(9-13)24(36)18-12-31(28-27-18)16-3-4-17-14(8-16)11-30(23(17)35)19-5-6-20(32)26-22(19)34/h3-4,8,12-13,15,19H,5-7,9-11H2,1-2H3,(H,25,33)(H,26,32,34). The first-order valence-corrected chi connectivity index (χ1v) is 12.0. The number of aromatic nitrogens is 3. The first kappa shape index (κ1) is 23.6. The minimum atomic E-state index is -0.688. The second-order valence-corrected chi connectivity index (χ2v) is 9.65. The van der Waals surface area contributed by atoms with E-state index in [-0.39, 0.29) is 54.1 Å². The van der Waals surface area contributed by atoms with Gasteiger partial charge in [0, 0.05) is 38.7 Å².